The van der Waals surface area contributed by atoms with Crippen molar-refractivity contribution in [3.63, 3.8) is 0 Å². The van der Waals surface area contributed by atoms with Crippen LogP contribution in [0.15, 0.2) is 18.2 Å². The SMILES string of the molecule is Cc1nc2ccc(N)cc2n1CCCO. The number of fused-ring (bicyclic) bond motifs is 1. The first-order chi connectivity index (χ1) is 7.22. The first kappa shape index (κ1) is 9.98. The molecule has 2 aromatic rings. The molecule has 4 nitrogen and oxygen atoms in total. The molecule has 1 aromatic carbocycles. The molecule has 0 spiro atoms. The smallest absolute Gasteiger partial charge is 0.106 e. The van der Waals surface area contributed by atoms with E-state index in [0.717, 1.165) is 35.5 Å². The van der Waals surface area contributed by atoms with Crippen LogP contribution in [0.3, 0.4) is 0 Å². The Kier molecular flexibility index (Phi) is 2.60. The number of aliphatic hydroxyl groups is 1. The molecule has 0 unspecified atom stereocenters. The Morgan fingerprint density at radius 1 is 1.47 bits per heavy atom. The van der Waals surface area contributed by atoms with E-state index in [4.69, 9.17) is 10.8 Å². The Balaban J connectivity index is 2.50. The monoisotopic (exact) mass is 205 g/mol. The number of nitrogens with two attached hydrogens (primary N) is 1. The quantitative estimate of drug-likeness (QED) is 0.742. The van der Waals surface area contributed by atoms with Gasteiger partial charge in [0.05, 0.1) is 11.0 Å². The summed E-state index contributed by atoms with van der Waals surface area (Å²) in [5, 5.41) is 8.82. The fourth-order valence-electron chi connectivity index (χ4n) is 1.77. The van der Waals surface area contributed by atoms with E-state index in [9.17, 15) is 0 Å². The van der Waals surface area contributed by atoms with E-state index in [1.807, 2.05) is 25.1 Å². The Morgan fingerprint density at radius 3 is 3.00 bits per heavy atom. The molecule has 0 atom stereocenters. The summed E-state index contributed by atoms with van der Waals surface area (Å²) in [5.74, 6) is 0.962. The van der Waals surface area contributed by atoms with Crippen LogP contribution in [0.1, 0.15) is 12.2 Å². The van der Waals surface area contributed by atoms with Crippen LogP contribution in [0.2, 0.25) is 0 Å². The highest BCUT2D eigenvalue weighted by Crippen LogP contribution is 2.19. The summed E-state index contributed by atoms with van der Waals surface area (Å²) >= 11 is 0. The molecule has 0 amide bonds. The molecule has 3 N–H and O–H groups in total. The van der Waals surface area contributed by atoms with Crippen molar-refractivity contribution in [2.24, 2.45) is 0 Å². The van der Waals surface area contributed by atoms with Gasteiger partial charge in [0.25, 0.3) is 0 Å². The van der Waals surface area contributed by atoms with E-state index in [2.05, 4.69) is 9.55 Å². The number of aliphatic hydroxyl groups excluding tert-OH is 1. The molecule has 4 heteroatoms. The molecule has 80 valence electrons. The Labute approximate surface area is 88.3 Å². The zero-order valence-electron chi connectivity index (χ0n) is 8.77. The van der Waals surface area contributed by atoms with Crippen LogP contribution in [0.4, 0.5) is 5.69 Å². The summed E-state index contributed by atoms with van der Waals surface area (Å²) in [6.07, 6.45) is 0.737. The average molecular weight is 205 g/mol. The van der Waals surface area contributed by atoms with Crippen molar-refractivity contribution in [2.75, 3.05) is 12.3 Å². The third kappa shape index (κ3) is 1.80. The fraction of sp³-hybridized carbons (Fsp3) is 0.364. The molecule has 0 bridgehead atoms. The molecule has 0 aliphatic carbocycles. The van der Waals surface area contributed by atoms with Gasteiger partial charge in [0.2, 0.25) is 0 Å². The zero-order chi connectivity index (χ0) is 10.8. The molecule has 1 heterocycles. The molecule has 0 aliphatic rings. The first-order valence-electron chi connectivity index (χ1n) is 5.05. The number of nitrogens with zero attached hydrogens (tertiary/aromatic N) is 2. The predicted molar refractivity (Wildman–Crippen MR) is 60.6 cm³/mol. The molecule has 2 rings (SSSR count). The zero-order valence-corrected chi connectivity index (χ0v) is 8.77. The minimum atomic E-state index is 0.196. The number of hydrogen-bond acceptors (Lipinski definition) is 3. The number of aromatic nitrogens is 2. The lowest BCUT2D eigenvalue weighted by Crippen LogP contribution is -2.02. The van der Waals surface area contributed by atoms with Crippen molar-refractivity contribution in [1.29, 1.82) is 0 Å². The van der Waals surface area contributed by atoms with Crippen LogP contribution in [-0.2, 0) is 6.54 Å². The number of imidazole rings is 1. The lowest BCUT2D eigenvalue weighted by Gasteiger charge is -2.05. The minimum Gasteiger partial charge on any atom is -0.399 e. The van der Waals surface area contributed by atoms with Crippen LogP contribution >= 0.6 is 0 Å². The van der Waals surface area contributed by atoms with E-state index < -0.39 is 0 Å². The summed E-state index contributed by atoms with van der Waals surface area (Å²) in [6.45, 7) is 2.94. The van der Waals surface area contributed by atoms with Gasteiger partial charge in [0.15, 0.2) is 0 Å². The lowest BCUT2D eigenvalue weighted by atomic mass is 10.3. The van der Waals surface area contributed by atoms with Gasteiger partial charge in [-0.15, -0.1) is 0 Å². The Hall–Kier alpha value is -1.55. The average Bonchev–Trinajstić information content (AvgIpc) is 2.51. The van der Waals surface area contributed by atoms with E-state index in [1.54, 1.807) is 0 Å². The van der Waals surface area contributed by atoms with Crippen molar-refractivity contribution in [3.8, 4) is 0 Å². The van der Waals surface area contributed by atoms with Crippen LogP contribution < -0.4 is 5.73 Å². The van der Waals surface area contributed by atoms with Crippen molar-refractivity contribution in [3.05, 3.63) is 24.0 Å². The molecule has 0 radical (unpaired) electrons. The normalized spacial score (nSPS) is 11.1. The molecular weight excluding hydrogens is 190 g/mol. The van der Waals surface area contributed by atoms with Crippen molar-refractivity contribution in [1.82, 2.24) is 9.55 Å². The third-order valence-corrected chi connectivity index (χ3v) is 2.50. The molecule has 0 aliphatic heterocycles. The second kappa shape index (κ2) is 3.90. The maximum atomic E-state index is 8.82. The maximum absolute atomic E-state index is 8.82. The maximum Gasteiger partial charge on any atom is 0.106 e. The van der Waals surface area contributed by atoms with Gasteiger partial charge in [-0.3, -0.25) is 0 Å². The molecule has 0 saturated carbocycles. The van der Waals surface area contributed by atoms with Crippen LogP contribution in [0, 0.1) is 6.92 Å². The highest BCUT2D eigenvalue weighted by Gasteiger charge is 2.06. The van der Waals surface area contributed by atoms with Crippen molar-refractivity contribution < 1.29 is 5.11 Å². The van der Waals surface area contributed by atoms with Gasteiger partial charge in [0.1, 0.15) is 5.82 Å². The highest BCUT2D eigenvalue weighted by atomic mass is 16.3. The third-order valence-electron chi connectivity index (χ3n) is 2.50. The number of aryl methyl sites for hydroxylation is 2. The minimum absolute atomic E-state index is 0.196. The predicted octanol–water partition coefficient (Wildman–Crippen LogP) is 1.31. The van der Waals surface area contributed by atoms with E-state index in [1.165, 1.54) is 0 Å². The molecular formula is C11H15N3O. The largest absolute Gasteiger partial charge is 0.399 e. The topological polar surface area (TPSA) is 64.1 Å². The molecule has 15 heavy (non-hydrogen) atoms. The number of hydrogen-bond donors (Lipinski definition) is 2. The van der Waals surface area contributed by atoms with Gasteiger partial charge in [-0.2, -0.15) is 0 Å². The van der Waals surface area contributed by atoms with Gasteiger partial charge in [0, 0.05) is 18.8 Å². The van der Waals surface area contributed by atoms with Crippen LogP contribution in [-0.4, -0.2) is 21.3 Å². The van der Waals surface area contributed by atoms with E-state index in [0.29, 0.717) is 0 Å². The second-order valence-electron chi connectivity index (χ2n) is 3.64. The number of benzene rings is 1. The Bertz CT molecular complexity index is 476. The number of rotatable bonds is 3. The van der Waals surface area contributed by atoms with Crippen molar-refractivity contribution in [2.45, 2.75) is 19.9 Å². The van der Waals surface area contributed by atoms with Crippen molar-refractivity contribution >= 4 is 16.7 Å². The second-order valence-corrected chi connectivity index (χ2v) is 3.64. The summed E-state index contributed by atoms with van der Waals surface area (Å²) < 4.78 is 2.09. The fourth-order valence-corrected chi connectivity index (χ4v) is 1.77. The molecule has 0 saturated heterocycles. The van der Waals surface area contributed by atoms with E-state index in [-0.39, 0.29) is 6.61 Å². The summed E-state index contributed by atoms with van der Waals surface area (Å²) in [4.78, 5) is 4.43. The van der Waals surface area contributed by atoms with Gasteiger partial charge in [-0.05, 0) is 31.5 Å². The van der Waals surface area contributed by atoms with Gasteiger partial charge in [-0.25, -0.2) is 4.98 Å². The van der Waals surface area contributed by atoms with Gasteiger partial charge >= 0.3 is 0 Å². The standard InChI is InChI=1S/C11H15N3O/c1-8-13-10-4-3-9(12)7-11(10)14(8)5-2-6-15/h3-4,7,15H,2,5-6,12H2,1H3. The molecule has 0 fully saturated rings. The van der Waals surface area contributed by atoms with Crippen LogP contribution in [0.5, 0.6) is 0 Å². The number of nitrogen functional groups attached to an aromatic ring is 1. The Morgan fingerprint density at radius 2 is 2.27 bits per heavy atom. The highest BCUT2D eigenvalue weighted by molar-refractivity contribution is 5.79. The van der Waals surface area contributed by atoms with Gasteiger partial charge < -0.3 is 15.4 Å². The summed E-state index contributed by atoms with van der Waals surface area (Å²) in [7, 11) is 0. The first-order valence-corrected chi connectivity index (χ1v) is 5.05. The van der Waals surface area contributed by atoms with Gasteiger partial charge in [-0.1, -0.05) is 0 Å². The summed E-state index contributed by atoms with van der Waals surface area (Å²) in [6, 6.07) is 5.70. The summed E-state index contributed by atoms with van der Waals surface area (Å²) in [5.41, 5.74) is 8.48. The van der Waals surface area contributed by atoms with Crippen LogP contribution in [0.25, 0.3) is 11.0 Å². The number of anilines is 1. The lowest BCUT2D eigenvalue weighted by molar-refractivity contribution is 0.280. The molecule has 1 aromatic heterocycles. The van der Waals surface area contributed by atoms with E-state index >= 15 is 0 Å².